The van der Waals surface area contributed by atoms with Crippen molar-refractivity contribution in [1.82, 2.24) is 15.5 Å². The zero-order chi connectivity index (χ0) is 18.7. The molecule has 1 fully saturated rings. The molecular formula is C21H27N3O2S. The van der Waals surface area contributed by atoms with Crippen molar-refractivity contribution in [3.8, 4) is 0 Å². The average Bonchev–Trinajstić information content (AvgIpc) is 2.74. The molecule has 1 heterocycles. The van der Waals surface area contributed by atoms with Gasteiger partial charge >= 0.3 is 6.03 Å². The molecule has 0 aliphatic carbocycles. The number of hydrogen-bond acceptors (Lipinski definition) is 4. The Hall–Kier alpha value is -2.02. The summed E-state index contributed by atoms with van der Waals surface area (Å²) >= 11 is 1.74. The van der Waals surface area contributed by atoms with E-state index in [9.17, 15) is 4.79 Å². The molecule has 2 N–H and O–H groups in total. The number of amides is 2. The number of urea groups is 1. The van der Waals surface area contributed by atoms with Crippen molar-refractivity contribution in [1.29, 1.82) is 0 Å². The van der Waals surface area contributed by atoms with E-state index in [1.165, 1.54) is 10.5 Å². The van der Waals surface area contributed by atoms with E-state index in [1.807, 2.05) is 36.4 Å². The molecule has 2 amide bonds. The number of ether oxygens (including phenoxy) is 1. The van der Waals surface area contributed by atoms with Gasteiger partial charge < -0.3 is 15.4 Å². The van der Waals surface area contributed by atoms with Crippen molar-refractivity contribution in [3.05, 3.63) is 66.2 Å². The number of nitrogens with zero attached hydrogens (tertiary/aromatic N) is 1. The molecule has 27 heavy (non-hydrogen) atoms. The lowest BCUT2D eigenvalue weighted by molar-refractivity contribution is 0.0167. The number of morpholine rings is 1. The van der Waals surface area contributed by atoms with Crippen LogP contribution < -0.4 is 10.6 Å². The molecule has 1 unspecified atom stereocenters. The third-order valence-electron chi connectivity index (χ3n) is 4.53. The first-order valence-corrected chi connectivity index (χ1v) is 10.4. The predicted molar refractivity (Wildman–Crippen MR) is 110 cm³/mol. The Morgan fingerprint density at radius 3 is 2.37 bits per heavy atom. The van der Waals surface area contributed by atoms with Gasteiger partial charge in [-0.15, -0.1) is 11.8 Å². The SMILES string of the molecule is O=C(NCCSc1ccccc1)NCC(c1ccccc1)N1CCOCC1. The van der Waals surface area contributed by atoms with Crippen LogP contribution in [0.25, 0.3) is 0 Å². The second-order valence-electron chi connectivity index (χ2n) is 6.37. The number of benzene rings is 2. The third-order valence-corrected chi connectivity index (χ3v) is 5.54. The van der Waals surface area contributed by atoms with Crippen molar-refractivity contribution < 1.29 is 9.53 Å². The summed E-state index contributed by atoms with van der Waals surface area (Å²) in [5.41, 5.74) is 1.22. The van der Waals surface area contributed by atoms with Crippen LogP contribution in [0.1, 0.15) is 11.6 Å². The van der Waals surface area contributed by atoms with E-state index in [1.54, 1.807) is 11.8 Å². The molecule has 2 aromatic carbocycles. The monoisotopic (exact) mass is 385 g/mol. The molecule has 1 aliphatic rings. The van der Waals surface area contributed by atoms with Crippen LogP contribution in [0, 0.1) is 0 Å². The van der Waals surface area contributed by atoms with Gasteiger partial charge in [0, 0.05) is 36.8 Å². The van der Waals surface area contributed by atoms with Crippen LogP contribution in [-0.4, -0.2) is 56.1 Å². The summed E-state index contributed by atoms with van der Waals surface area (Å²) in [6.45, 7) is 4.48. The first-order valence-electron chi connectivity index (χ1n) is 9.39. The van der Waals surface area contributed by atoms with Gasteiger partial charge in [0.05, 0.1) is 19.3 Å². The number of hydrogen-bond donors (Lipinski definition) is 2. The summed E-state index contributed by atoms with van der Waals surface area (Å²) in [5.74, 6) is 0.850. The molecule has 1 aliphatic heterocycles. The van der Waals surface area contributed by atoms with Crippen LogP contribution >= 0.6 is 11.8 Å². The minimum Gasteiger partial charge on any atom is -0.379 e. The lowest BCUT2D eigenvalue weighted by Gasteiger charge is -2.34. The summed E-state index contributed by atoms with van der Waals surface area (Å²) in [6, 6.07) is 20.6. The average molecular weight is 386 g/mol. The zero-order valence-electron chi connectivity index (χ0n) is 15.5. The first kappa shape index (κ1) is 19.7. The highest BCUT2D eigenvalue weighted by Gasteiger charge is 2.22. The largest absolute Gasteiger partial charge is 0.379 e. The molecule has 5 nitrogen and oxygen atoms in total. The highest BCUT2D eigenvalue weighted by atomic mass is 32.2. The Morgan fingerprint density at radius 2 is 1.67 bits per heavy atom. The van der Waals surface area contributed by atoms with Crippen LogP contribution in [0.15, 0.2) is 65.6 Å². The molecule has 0 saturated carbocycles. The molecule has 144 valence electrons. The Balaban J connectivity index is 1.44. The number of nitrogens with one attached hydrogen (secondary N) is 2. The normalized spacial score (nSPS) is 15.9. The molecule has 0 spiro atoms. The van der Waals surface area contributed by atoms with E-state index in [0.29, 0.717) is 13.1 Å². The van der Waals surface area contributed by atoms with Crippen LogP contribution in [0.5, 0.6) is 0 Å². The number of carbonyl (C=O) groups excluding carboxylic acids is 1. The Kier molecular flexibility index (Phi) is 8.02. The van der Waals surface area contributed by atoms with Gasteiger partial charge in [-0.2, -0.15) is 0 Å². The molecule has 1 saturated heterocycles. The minimum absolute atomic E-state index is 0.113. The smallest absolute Gasteiger partial charge is 0.314 e. The van der Waals surface area contributed by atoms with Gasteiger partial charge in [-0.3, -0.25) is 4.90 Å². The number of carbonyl (C=O) groups is 1. The fourth-order valence-corrected chi connectivity index (χ4v) is 3.91. The quantitative estimate of drug-likeness (QED) is 0.541. The zero-order valence-corrected chi connectivity index (χ0v) is 16.3. The van der Waals surface area contributed by atoms with Crippen molar-refractivity contribution in [2.45, 2.75) is 10.9 Å². The van der Waals surface area contributed by atoms with E-state index in [4.69, 9.17) is 4.74 Å². The maximum absolute atomic E-state index is 12.2. The summed E-state index contributed by atoms with van der Waals surface area (Å²) in [6.07, 6.45) is 0. The summed E-state index contributed by atoms with van der Waals surface area (Å²) in [4.78, 5) is 15.8. The van der Waals surface area contributed by atoms with Crippen molar-refractivity contribution in [2.24, 2.45) is 0 Å². The predicted octanol–water partition coefficient (Wildman–Crippen LogP) is 3.15. The van der Waals surface area contributed by atoms with Crippen LogP contribution in [0.3, 0.4) is 0 Å². The lowest BCUT2D eigenvalue weighted by Crippen LogP contribution is -2.46. The van der Waals surface area contributed by atoms with E-state index in [2.05, 4.69) is 39.8 Å². The van der Waals surface area contributed by atoms with Gasteiger partial charge in [0.2, 0.25) is 0 Å². The second-order valence-corrected chi connectivity index (χ2v) is 7.54. The van der Waals surface area contributed by atoms with Crippen molar-refractivity contribution in [3.63, 3.8) is 0 Å². The molecule has 0 radical (unpaired) electrons. The molecule has 3 rings (SSSR count). The van der Waals surface area contributed by atoms with E-state index < -0.39 is 0 Å². The summed E-state index contributed by atoms with van der Waals surface area (Å²) < 4.78 is 5.47. The first-order chi connectivity index (χ1) is 13.3. The topological polar surface area (TPSA) is 53.6 Å². The number of thioether (sulfide) groups is 1. The van der Waals surface area contributed by atoms with Crippen LogP contribution in [0.2, 0.25) is 0 Å². The Morgan fingerprint density at radius 1 is 1.00 bits per heavy atom. The maximum Gasteiger partial charge on any atom is 0.314 e. The highest BCUT2D eigenvalue weighted by molar-refractivity contribution is 7.99. The van der Waals surface area contributed by atoms with Crippen LogP contribution in [-0.2, 0) is 4.74 Å². The van der Waals surface area contributed by atoms with E-state index in [-0.39, 0.29) is 12.1 Å². The molecular weight excluding hydrogens is 358 g/mol. The minimum atomic E-state index is -0.113. The third kappa shape index (κ3) is 6.57. The molecule has 0 aromatic heterocycles. The molecule has 0 bridgehead atoms. The lowest BCUT2D eigenvalue weighted by atomic mass is 10.0. The van der Waals surface area contributed by atoms with Crippen molar-refractivity contribution in [2.75, 3.05) is 45.1 Å². The summed E-state index contributed by atoms with van der Waals surface area (Å²) in [7, 11) is 0. The fraction of sp³-hybridized carbons (Fsp3) is 0.381. The standard InChI is InChI=1S/C21H27N3O2S/c25-21(22-11-16-27-19-9-5-2-6-10-19)23-17-20(18-7-3-1-4-8-18)24-12-14-26-15-13-24/h1-10,20H,11-17H2,(H2,22,23,25). The van der Waals surface area contributed by atoms with Crippen molar-refractivity contribution >= 4 is 17.8 Å². The maximum atomic E-state index is 12.2. The van der Waals surface area contributed by atoms with Crippen LogP contribution in [0.4, 0.5) is 4.79 Å². The van der Waals surface area contributed by atoms with Gasteiger partial charge in [0.1, 0.15) is 0 Å². The Bertz CT molecular complexity index is 678. The van der Waals surface area contributed by atoms with Gasteiger partial charge in [0.15, 0.2) is 0 Å². The van der Waals surface area contributed by atoms with E-state index in [0.717, 1.165) is 32.1 Å². The summed E-state index contributed by atoms with van der Waals surface area (Å²) in [5, 5.41) is 5.98. The molecule has 1 atom stereocenters. The van der Waals surface area contributed by atoms with Gasteiger partial charge in [-0.1, -0.05) is 48.5 Å². The second kappa shape index (κ2) is 11.0. The van der Waals surface area contributed by atoms with Gasteiger partial charge in [0.25, 0.3) is 0 Å². The molecule has 2 aromatic rings. The van der Waals surface area contributed by atoms with Gasteiger partial charge in [-0.25, -0.2) is 4.79 Å². The molecule has 6 heteroatoms. The van der Waals surface area contributed by atoms with Gasteiger partial charge in [-0.05, 0) is 17.7 Å². The number of rotatable bonds is 8. The highest BCUT2D eigenvalue weighted by Crippen LogP contribution is 2.21. The van der Waals surface area contributed by atoms with E-state index >= 15 is 0 Å². The Labute approximate surface area is 165 Å². The fourth-order valence-electron chi connectivity index (χ4n) is 3.12.